The number of rotatable bonds is 0. The minimum atomic E-state index is -0.0191. The van der Waals surface area contributed by atoms with Gasteiger partial charge >= 0.3 is 64.9 Å². The zero-order valence-electron chi connectivity index (χ0n) is 5.59. The molecule has 1 atom stereocenters. The zero-order valence-corrected chi connectivity index (χ0v) is 5.59. The first-order chi connectivity index (χ1) is 4.27. The van der Waals surface area contributed by atoms with E-state index >= 15 is 0 Å². The molecule has 0 amide bonds. The van der Waals surface area contributed by atoms with Crippen molar-refractivity contribution in [2.75, 3.05) is 0 Å². The van der Waals surface area contributed by atoms with E-state index in [1.807, 2.05) is 12.2 Å². The molecule has 0 saturated carbocycles. The van der Waals surface area contributed by atoms with Gasteiger partial charge in [-0.1, -0.05) is 0 Å². The van der Waals surface area contributed by atoms with Gasteiger partial charge in [0.1, 0.15) is 0 Å². The van der Waals surface area contributed by atoms with E-state index in [4.69, 9.17) is 6.42 Å². The number of allylic oxidation sites excluding steroid dienone is 4. The molecule has 1 heteroatoms. The van der Waals surface area contributed by atoms with E-state index in [1.54, 1.807) is 0 Å². The van der Waals surface area contributed by atoms with Crippen molar-refractivity contribution in [3.8, 4) is 12.3 Å². The summed E-state index contributed by atoms with van der Waals surface area (Å²) in [7, 11) is 0. The van der Waals surface area contributed by atoms with Gasteiger partial charge in [-0.15, -0.1) is 0 Å². The van der Waals surface area contributed by atoms with Crippen molar-refractivity contribution in [1.29, 1.82) is 0 Å². The van der Waals surface area contributed by atoms with E-state index in [1.165, 1.54) is 0 Å². The average Bonchev–Trinajstić information content (AvgIpc) is 1.90. The van der Waals surface area contributed by atoms with Crippen LogP contribution in [0.15, 0.2) is 24.3 Å². The summed E-state index contributed by atoms with van der Waals surface area (Å²) in [6, 6.07) is 0. The zero-order chi connectivity index (χ0) is 6.74. The molecule has 0 spiro atoms. The van der Waals surface area contributed by atoms with Gasteiger partial charge in [0.2, 0.25) is 0 Å². The summed E-state index contributed by atoms with van der Waals surface area (Å²) in [5.41, 5.74) is 0. The predicted molar refractivity (Wildman–Crippen MR) is 40.2 cm³/mol. The Balaban J connectivity index is 2.77. The predicted octanol–water partition coefficient (Wildman–Crippen LogP) is 1.46. The standard InChI is InChI=1S/C8H7.Li/c1-2-8-6-4-3-5-7-8;/h1,3-6H,7H2;. The van der Waals surface area contributed by atoms with E-state index in [0.29, 0.717) is 0 Å². The van der Waals surface area contributed by atoms with Crippen LogP contribution < -0.4 is 0 Å². The minimum absolute atomic E-state index is 0.0191. The molecule has 0 nitrogen and oxygen atoms in total. The quantitative estimate of drug-likeness (QED) is 0.327. The number of hydrogen-bond donors (Lipinski definition) is 0. The molecule has 1 aliphatic rings. The molecule has 1 aliphatic carbocycles. The Kier molecular flexibility index (Phi) is 1.86. The Morgan fingerprint density at radius 2 is 2.33 bits per heavy atom. The third-order valence-electron chi connectivity index (χ3n) is 1.58. The van der Waals surface area contributed by atoms with Crippen LogP contribution in [-0.4, -0.2) is 17.7 Å². The topological polar surface area (TPSA) is 0 Å². The number of terminal acetylenes is 1. The molecule has 0 aliphatic heterocycles. The first kappa shape index (κ1) is 6.75. The Labute approximate surface area is 65.2 Å². The summed E-state index contributed by atoms with van der Waals surface area (Å²) in [5.74, 6) is 2.74. The van der Waals surface area contributed by atoms with Gasteiger partial charge < -0.3 is 0 Å². The SMILES string of the molecule is [Li][C]1(C#C)C=CC=CC1. The maximum absolute atomic E-state index is 5.30. The van der Waals surface area contributed by atoms with Gasteiger partial charge in [-0.25, -0.2) is 0 Å². The molecule has 0 fully saturated rings. The van der Waals surface area contributed by atoms with Crippen molar-refractivity contribution in [3.63, 3.8) is 0 Å². The Bertz CT molecular complexity index is 195. The molecule has 0 radical (unpaired) electrons. The van der Waals surface area contributed by atoms with Gasteiger partial charge in [-0.05, 0) is 0 Å². The van der Waals surface area contributed by atoms with Crippen molar-refractivity contribution < 1.29 is 0 Å². The van der Waals surface area contributed by atoms with Gasteiger partial charge in [-0.3, -0.25) is 0 Å². The first-order valence-electron chi connectivity index (χ1n) is 3.09. The van der Waals surface area contributed by atoms with Crippen LogP contribution in [0.5, 0.6) is 0 Å². The van der Waals surface area contributed by atoms with Crippen LogP contribution in [0.3, 0.4) is 0 Å². The summed E-state index contributed by atoms with van der Waals surface area (Å²) in [4.78, 5) is 0. The molecular formula is C8H7Li. The third-order valence-corrected chi connectivity index (χ3v) is 1.58. The molecule has 0 saturated heterocycles. The van der Waals surface area contributed by atoms with Crippen molar-refractivity contribution in [2.24, 2.45) is 0 Å². The second kappa shape index (κ2) is 2.48. The van der Waals surface area contributed by atoms with Crippen LogP contribution in [0.4, 0.5) is 0 Å². The Hall–Kier alpha value is -0.363. The molecule has 0 N–H and O–H groups in total. The van der Waals surface area contributed by atoms with E-state index < -0.39 is 0 Å². The fraction of sp³-hybridized carbons (Fsp3) is 0.250. The normalized spacial score (nSPS) is 32.1. The van der Waals surface area contributed by atoms with Crippen LogP contribution in [0.1, 0.15) is 6.42 Å². The summed E-state index contributed by atoms with van der Waals surface area (Å²) < 4.78 is -0.0191. The van der Waals surface area contributed by atoms with Crippen molar-refractivity contribution >= 4 is 17.7 Å². The fourth-order valence-corrected chi connectivity index (χ4v) is 0.834. The second-order valence-corrected chi connectivity index (χ2v) is 2.55. The fourth-order valence-electron chi connectivity index (χ4n) is 0.834. The van der Waals surface area contributed by atoms with Crippen LogP contribution in [0, 0.1) is 12.3 Å². The van der Waals surface area contributed by atoms with Crippen molar-refractivity contribution in [2.45, 2.75) is 10.5 Å². The summed E-state index contributed by atoms with van der Waals surface area (Å²) >= 11 is 2.06. The van der Waals surface area contributed by atoms with Crippen LogP contribution >= 0.6 is 0 Å². The molecular weight excluding hydrogens is 103 g/mol. The Morgan fingerprint density at radius 1 is 1.56 bits per heavy atom. The van der Waals surface area contributed by atoms with E-state index in [0.717, 1.165) is 6.42 Å². The van der Waals surface area contributed by atoms with Gasteiger partial charge in [0.25, 0.3) is 0 Å². The Morgan fingerprint density at radius 3 is 2.67 bits per heavy atom. The molecule has 0 aromatic heterocycles. The van der Waals surface area contributed by atoms with Gasteiger partial charge in [0.05, 0.1) is 0 Å². The van der Waals surface area contributed by atoms with E-state index in [2.05, 4.69) is 35.8 Å². The summed E-state index contributed by atoms with van der Waals surface area (Å²) in [6.45, 7) is 0. The van der Waals surface area contributed by atoms with Crippen LogP contribution in [-0.2, 0) is 0 Å². The van der Waals surface area contributed by atoms with Gasteiger partial charge in [0.15, 0.2) is 0 Å². The molecule has 1 rings (SSSR count). The molecule has 1 unspecified atom stereocenters. The van der Waals surface area contributed by atoms with Crippen LogP contribution in [0.2, 0.25) is 4.09 Å². The summed E-state index contributed by atoms with van der Waals surface area (Å²) in [5, 5.41) is 0. The van der Waals surface area contributed by atoms with Gasteiger partial charge in [-0.2, -0.15) is 0 Å². The number of hydrogen-bond acceptors (Lipinski definition) is 0. The second-order valence-electron chi connectivity index (χ2n) is 2.55. The molecule has 9 heavy (non-hydrogen) atoms. The van der Waals surface area contributed by atoms with Crippen molar-refractivity contribution in [1.82, 2.24) is 0 Å². The molecule has 0 bridgehead atoms. The average molecular weight is 110 g/mol. The monoisotopic (exact) mass is 110 g/mol. The first-order valence-corrected chi connectivity index (χ1v) is 3.09. The molecule has 0 aromatic carbocycles. The van der Waals surface area contributed by atoms with E-state index in [-0.39, 0.29) is 4.09 Å². The van der Waals surface area contributed by atoms with Crippen molar-refractivity contribution in [3.05, 3.63) is 24.3 Å². The van der Waals surface area contributed by atoms with Crippen LogP contribution in [0.25, 0.3) is 0 Å². The van der Waals surface area contributed by atoms with E-state index in [9.17, 15) is 0 Å². The summed E-state index contributed by atoms with van der Waals surface area (Å²) in [6.07, 6.45) is 14.5. The third kappa shape index (κ3) is 1.52. The maximum atomic E-state index is 5.30. The molecule has 0 heterocycles. The van der Waals surface area contributed by atoms with Gasteiger partial charge in [0, 0.05) is 0 Å². The molecule has 0 aromatic rings. The molecule has 40 valence electrons.